The molecule has 2 aromatic carbocycles. The maximum absolute atomic E-state index is 4.42. The fourth-order valence-corrected chi connectivity index (χ4v) is 3.05. The second-order valence-electron chi connectivity index (χ2n) is 6.97. The van der Waals surface area contributed by atoms with Gasteiger partial charge in [0.05, 0.1) is 29.2 Å². The molecule has 0 radical (unpaired) electrons. The SMILES string of the molecule is c1ccc(N=Nc2cc[n+](CCC[n+]3ccccc3N=Nc3ccccc3)cc2)cc1. The van der Waals surface area contributed by atoms with Gasteiger partial charge in [-0.15, -0.1) is 0 Å². The first-order valence-corrected chi connectivity index (χ1v) is 10.3. The van der Waals surface area contributed by atoms with Crippen LogP contribution in [-0.4, -0.2) is 0 Å². The van der Waals surface area contributed by atoms with Gasteiger partial charge in [-0.3, -0.25) is 0 Å². The maximum Gasteiger partial charge on any atom is 0.350 e. The summed E-state index contributed by atoms with van der Waals surface area (Å²) in [7, 11) is 0. The van der Waals surface area contributed by atoms with Gasteiger partial charge in [0.15, 0.2) is 18.9 Å². The Balaban J connectivity index is 1.32. The van der Waals surface area contributed by atoms with Crippen molar-refractivity contribution in [3.8, 4) is 0 Å². The van der Waals surface area contributed by atoms with Crippen molar-refractivity contribution in [2.75, 3.05) is 0 Å². The largest absolute Gasteiger partial charge is 0.350 e. The number of benzene rings is 2. The third-order valence-electron chi connectivity index (χ3n) is 4.67. The van der Waals surface area contributed by atoms with E-state index in [1.807, 2.05) is 110 Å². The quantitative estimate of drug-likeness (QED) is 0.247. The minimum absolute atomic E-state index is 0.834. The minimum Gasteiger partial charge on any atom is -0.229 e. The van der Waals surface area contributed by atoms with Gasteiger partial charge in [-0.1, -0.05) is 42.5 Å². The van der Waals surface area contributed by atoms with E-state index in [2.05, 4.69) is 29.6 Å². The smallest absolute Gasteiger partial charge is 0.229 e. The van der Waals surface area contributed by atoms with Gasteiger partial charge in [0.2, 0.25) is 0 Å². The van der Waals surface area contributed by atoms with Crippen molar-refractivity contribution in [1.82, 2.24) is 0 Å². The summed E-state index contributed by atoms with van der Waals surface area (Å²) < 4.78 is 4.27. The van der Waals surface area contributed by atoms with E-state index in [4.69, 9.17) is 0 Å². The number of hydrogen-bond acceptors (Lipinski definition) is 4. The molecule has 6 nitrogen and oxygen atoms in total. The molecule has 0 atom stereocenters. The van der Waals surface area contributed by atoms with E-state index in [9.17, 15) is 0 Å². The lowest BCUT2D eigenvalue weighted by Gasteiger charge is -2.00. The Kier molecular flexibility index (Phi) is 6.94. The molecule has 0 saturated carbocycles. The Morgan fingerprint density at radius 3 is 1.68 bits per heavy atom. The van der Waals surface area contributed by atoms with Crippen LogP contribution in [0.3, 0.4) is 0 Å². The third-order valence-corrected chi connectivity index (χ3v) is 4.67. The van der Waals surface area contributed by atoms with Crippen molar-refractivity contribution >= 4 is 22.9 Å². The van der Waals surface area contributed by atoms with Gasteiger partial charge in [-0.2, -0.15) is 10.2 Å². The van der Waals surface area contributed by atoms with Crippen LogP contribution in [-0.2, 0) is 13.1 Å². The molecular formula is C25H24N6+2. The zero-order chi connectivity index (χ0) is 21.1. The van der Waals surface area contributed by atoms with Gasteiger partial charge < -0.3 is 0 Å². The van der Waals surface area contributed by atoms with E-state index in [1.165, 1.54) is 0 Å². The summed E-state index contributed by atoms with van der Waals surface area (Å²) in [6, 6.07) is 29.4. The van der Waals surface area contributed by atoms with Crippen LogP contribution in [0.4, 0.5) is 22.9 Å². The van der Waals surface area contributed by atoms with Crippen molar-refractivity contribution in [2.24, 2.45) is 20.5 Å². The monoisotopic (exact) mass is 408 g/mol. The zero-order valence-electron chi connectivity index (χ0n) is 17.2. The van der Waals surface area contributed by atoms with E-state index >= 15 is 0 Å². The fraction of sp³-hybridized carbons (Fsp3) is 0.120. The summed E-state index contributed by atoms with van der Waals surface area (Å²) in [5, 5.41) is 17.3. The average Bonchev–Trinajstić information content (AvgIpc) is 2.84. The van der Waals surface area contributed by atoms with Gasteiger partial charge in [-0.25, -0.2) is 9.13 Å². The highest BCUT2D eigenvalue weighted by Crippen LogP contribution is 2.16. The van der Waals surface area contributed by atoms with Crippen molar-refractivity contribution in [1.29, 1.82) is 0 Å². The summed E-state index contributed by atoms with van der Waals surface area (Å²) in [6.45, 7) is 1.75. The highest BCUT2D eigenvalue weighted by molar-refractivity contribution is 5.38. The number of nitrogens with zero attached hydrogens (tertiary/aromatic N) is 6. The van der Waals surface area contributed by atoms with Crippen molar-refractivity contribution < 1.29 is 9.13 Å². The van der Waals surface area contributed by atoms with Crippen LogP contribution in [0.1, 0.15) is 6.42 Å². The van der Waals surface area contributed by atoms with Gasteiger partial charge in [0, 0.05) is 24.6 Å². The number of pyridine rings is 2. The van der Waals surface area contributed by atoms with Crippen LogP contribution in [0.15, 0.2) is 130 Å². The summed E-state index contributed by atoms with van der Waals surface area (Å²) in [4.78, 5) is 0. The third kappa shape index (κ3) is 6.21. The second-order valence-corrected chi connectivity index (χ2v) is 6.97. The Morgan fingerprint density at radius 2 is 1.03 bits per heavy atom. The summed E-state index contributed by atoms with van der Waals surface area (Å²) in [5.41, 5.74) is 2.53. The van der Waals surface area contributed by atoms with Crippen LogP contribution in [0.25, 0.3) is 0 Å². The predicted octanol–water partition coefficient (Wildman–Crippen LogP) is 6.18. The zero-order valence-corrected chi connectivity index (χ0v) is 17.2. The molecule has 0 amide bonds. The molecular weight excluding hydrogens is 384 g/mol. The van der Waals surface area contributed by atoms with Gasteiger partial charge in [0.1, 0.15) is 5.69 Å². The van der Waals surface area contributed by atoms with Gasteiger partial charge >= 0.3 is 5.82 Å². The Hall–Kier alpha value is -4.06. The number of aromatic nitrogens is 2. The predicted molar refractivity (Wildman–Crippen MR) is 119 cm³/mol. The molecule has 4 rings (SSSR count). The number of rotatable bonds is 8. The van der Waals surface area contributed by atoms with Crippen LogP contribution >= 0.6 is 0 Å². The lowest BCUT2D eigenvalue weighted by molar-refractivity contribution is -0.721. The van der Waals surface area contributed by atoms with Crippen molar-refractivity contribution in [3.05, 3.63) is 110 Å². The first kappa shape index (κ1) is 20.2. The first-order valence-electron chi connectivity index (χ1n) is 10.3. The van der Waals surface area contributed by atoms with Gasteiger partial charge in [0.25, 0.3) is 0 Å². The summed E-state index contributed by atoms with van der Waals surface area (Å²) in [6.07, 6.45) is 7.07. The van der Waals surface area contributed by atoms with Crippen molar-refractivity contribution in [2.45, 2.75) is 19.5 Å². The molecule has 0 aliphatic heterocycles. The molecule has 0 bridgehead atoms. The van der Waals surface area contributed by atoms with E-state index in [0.29, 0.717) is 0 Å². The Labute approximate surface area is 181 Å². The molecule has 0 N–H and O–H groups in total. The number of hydrogen-bond donors (Lipinski definition) is 0. The lowest BCUT2D eigenvalue weighted by Crippen LogP contribution is -2.38. The molecule has 2 heterocycles. The minimum atomic E-state index is 0.834. The molecule has 152 valence electrons. The van der Waals surface area contributed by atoms with Crippen LogP contribution < -0.4 is 9.13 Å². The molecule has 31 heavy (non-hydrogen) atoms. The number of aryl methyl sites for hydroxylation is 2. The van der Waals surface area contributed by atoms with Crippen LogP contribution in [0.2, 0.25) is 0 Å². The van der Waals surface area contributed by atoms with Gasteiger partial charge in [-0.05, 0) is 35.4 Å². The molecule has 0 spiro atoms. The molecule has 0 aliphatic rings. The van der Waals surface area contributed by atoms with E-state index < -0.39 is 0 Å². The van der Waals surface area contributed by atoms with Crippen LogP contribution in [0, 0.1) is 0 Å². The standard InChI is InChI=1S/C25H24N6/c1-3-10-22(11-4-1)26-27-24-15-20-30(21-16-24)17-9-19-31-18-8-7-14-25(31)29-28-23-12-5-2-6-13-23/h1-8,10-16,18,20-21H,9,17,19H2/q+2. The Bertz CT molecular complexity index is 1140. The molecule has 0 unspecified atom stereocenters. The molecule has 0 saturated heterocycles. The lowest BCUT2D eigenvalue weighted by atomic mass is 10.3. The highest BCUT2D eigenvalue weighted by Gasteiger charge is 2.10. The summed E-state index contributed by atoms with van der Waals surface area (Å²) in [5.74, 6) is 0.841. The van der Waals surface area contributed by atoms with E-state index in [1.54, 1.807) is 0 Å². The maximum atomic E-state index is 4.42. The molecule has 0 aliphatic carbocycles. The molecule has 4 aromatic rings. The molecule has 6 heteroatoms. The van der Waals surface area contributed by atoms with Crippen LogP contribution in [0.5, 0.6) is 0 Å². The Morgan fingerprint density at radius 1 is 0.484 bits per heavy atom. The highest BCUT2D eigenvalue weighted by atomic mass is 15.2. The van der Waals surface area contributed by atoms with Crippen molar-refractivity contribution in [3.63, 3.8) is 0 Å². The van der Waals surface area contributed by atoms with E-state index in [0.717, 1.165) is 42.4 Å². The fourth-order valence-electron chi connectivity index (χ4n) is 3.05. The van der Waals surface area contributed by atoms with E-state index in [-0.39, 0.29) is 0 Å². The first-order chi connectivity index (χ1) is 15.4. The second kappa shape index (κ2) is 10.6. The summed E-state index contributed by atoms with van der Waals surface area (Å²) >= 11 is 0. The normalized spacial score (nSPS) is 11.4. The molecule has 2 aromatic heterocycles. The number of azo groups is 2. The molecule has 0 fully saturated rings. The topological polar surface area (TPSA) is 57.2 Å². The average molecular weight is 409 g/mol.